The van der Waals surface area contributed by atoms with Gasteiger partial charge in [0.25, 0.3) is 0 Å². The highest BCUT2D eigenvalue weighted by Gasteiger charge is 2.40. The Morgan fingerprint density at radius 3 is 2.00 bits per heavy atom. The summed E-state index contributed by atoms with van der Waals surface area (Å²) in [7, 11) is 0. The van der Waals surface area contributed by atoms with Gasteiger partial charge in [-0.1, -0.05) is 81.4 Å². The fourth-order valence-corrected chi connectivity index (χ4v) is 6.16. The molecule has 1 aliphatic heterocycles. The van der Waals surface area contributed by atoms with Gasteiger partial charge in [-0.15, -0.1) is 0 Å². The number of piperidine rings is 1. The summed E-state index contributed by atoms with van der Waals surface area (Å²) in [5, 5.41) is 21.3. The molecule has 1 fully saturated rings. The molecule has 1 saturated heterocycles. The van der Waals surface area contributed by atoms with Gasteiger partial charge in [0.1, 0.15) is 23.7 Å². The minimum absolute atomic E-state index is 0.00643. The molecular formula is C38H57N7O6. The van der Waals surface area contributed by atoms with Gasteiger partial charge < -0.3 is 42.7 Å². The van der Waals surface area contributed by atoms with Gasteiger partial charge in [0.05, 0.1) is 6.54 Å². The van der Waals surface area contributed by atoms with Crippen molar-refractivity contribution in [2.75, 3.05) is 32.7 Å². The average Bonchev–Trinajstić information content (AvgIpc) is 3.11. The maximum Gasteiger partial charge on any atom is 0.323 e. The van der Waals surface area contributed by atoms with Crippen molar-refractivity contribution in [2.24, 2.45) is 17.4 Å². The molecule has 2 aromatic carbocycles. The second-order valence-corrected chi connectivity index (χ2v) is 14.1. The highest BCUT2D eigenvalue weighted by atomic mass is 16.4. The number of hydrogen-bond donors (Lipinski definition) is 7. The summed E-state index contributed by atoms with van der Waals surface area (Å²) in [5.41, 5.74) is 12.3. The lowest BCUT2D eigenvalue weighted by atomic mass is 9.88. The van der Waals surface area contributed by atoms with Crippen LogP contribution in [0.4, 0.5) is 0 Å². The summed E-state index contributed by atoms with van der Waals surface area (Å²) in [5.74, 6) is -2.62. The fraction of sp³-hybridized carbons (Fsp3) is 0.553. The summed E-state index contributed by atoms with van der Waals surface area (Å²) in [6.45, 7) is 7.22. The van der Waals surface area contributed by atoms with Gasteiger partial charge in [-0.2, -0.15) is 0 Å². The normalized spacial score (nSPS) is 16.4. The van der Waals surface area contributed by atoms with Crippen LogP contribution in [0.1, 0.15) is 76.3 Å². The van der Waals surface area contributed by atoms with Crippen molar-refractivity contribution in [3.8, 4) is 0 Å². The van der Waals surface area contributed by atoms with E-state index in [1.54, 1.807) is 0 Å². The molecule has 0 aliphatic carbocycles. The molecule has 51 heavy (non-hydrogen) atoms. The first-order chi connectivity index (χ1) is 24.3. The smallest absolute Gasteiger partial charge is 0.323 e. The lowest BCUT2D eigenvalue weighted by Gasteiger charge is -2.38. The second-order valence-electron chi connectivity index (χ2n) is 14.1. The number of hydrogen-bond acceptors (Lipinski definition) is 8. The minimum Gasteiger partial charge on any atom is -0.480 e. The first kappa shape index (κ1) is 41.1. The first-order valence-corrected chi connectivity index (χ1v) is 18.0. The van der Waals surface area contributed by atoms with Crippen molar-refractivity contribution in [3.63, 3.8) is 0 Å². The molecule has 1 heterocycles. The Labute approximate surface area is 301 Å². The van der Waals surface area contributed by atoms with Crippen molar-refractivity contribution in [2.45, 2.75) is 95.3 Å². The Kier molecular flexibility index (Phi) is 16.5. The van der Waals surface area contributed by atoms with Crippen LogP contribution in [0.5, 0.6) is 0 Å². The van der Waals surface area contributed by atoms with Crippen LogP contribution in [-0.2, 0) is 30.4 Å². The number of carbonyl (C=O) groups excluding carboxylic acids is 4. The Morgan fingerprint density at radius 2 is 1.41 bits per heavy atom. The number of nitrogens with zero attached hydrogens (tertiary/aromatic N) is 1. The SMILES string of the molecule is CC(C)C[C@@H](NC(=O)[C@@H](Cc1ccccc1)NC(=O)CNCC(C)c1ccccc1)C(=O)N[C@H](CCCCN)C(=O)N1CCC(N)(C(=O)O)CC1. The van der Waals surface area contributed by atoms with E-state index in [0.717, 1.165) is 11.1 Å². The summed E-state index contributed by atoms with van der Waals surface area (Å²) in [4.78, 5) is 67.7. The van der Waals surface area contributed by atoms with Gasteiger partial charge in [-0.3, -0.25) is 24.0 Å². The number of aliphatic carboxylic acids is 1. The zero-order chi connectivity index (χ0) is 37.4. The number of amides is 4. The van der Waals surface area contributed by atoms with Crippen molar-refractivity contribution < 1.29 is 29.1 Å². The number of rotatable bonds is 20. The molecular weight excluding hydrogens is 650 g/mol. The average molecular weight is 708 g/mol. The molecule has 0 aromatic heterocycles. The monoisotopic (exact) mass is 707 g/mol. The van der Waals surface area contributed by atoms with Crippen LogP contribution in [0.3, 0.4) is 0 Å². The van der Waals surface area contributed by atoms with E-state index in [1.165, 1.54) is 4.90 Å². The van der Waals surface area contributed by atoms with Gasteiger partial charge in [0.2, 0.25) is 23.6 Å². The molecule has 1 aliphatic rings. The first-order valence-electron chi connectivity index (χ1n) is 18.0. The highest BCUT2D eigenvalue weighted by Crippen LogP contribution is 2.21. The molecule has 0 bridgehead atoms. The molecule has 4 amide bonds. The van der Waals surface area contributed by atoms with E-state index in [2.05, 4.69) is 28.2 Å². The predicted molar refractivity (Wildman–Crippen MR) is 196 cm³/mol. The Bertz CT molecular complexity index is 1420. The van der Waals surface area contributed by atoms with Crippen LogP contribution in [-0.4, -0.2) is 96.0 Å². The molecule has 4 atom stereocenters. The number of unbranched alkanes of at least 4 members (excludes halogenated alkanes) is 1. The molecule has 13 heteroatoms. The molecule has 0 saturated carbocycles. The van der Waals surface area contributed by atoms with Crippen LogP contribution in [0.15, 0.2) is 60.7 Å². The summed E-state index contributed by atoms with van der Waals surface area (Å²) < 4.78 is 0. The van der Waals surface area contributed by atoms with E-state index in [4.69, 9.17) is 11.5 Å². The van der Waals surface area contributed by atoms with Crippen LogP contribution in [0, 0.1) is 5.92 Å². The van der Waals surface area contributed by atoms with Gasteiger partial charge in [0.15, 0.2) is 0 Å². The molecule has 280 valence electrons. The van der Waals surface area contributed by atoms with Crippen LogP contribution in [0.2, 0.25) is 0 Å². The number of carbonyl (C=O) groups is 5. The third kappa shape index (κ3) is 13.4. The Hall–Kier alpha value is -4.33. The van der Waals surface area contributed by atoms with E-state index in [9.17, 15) is 29.1 Å². The number of carboxylic acids is 1. The third-order valence-electron chi connectivity index (χ3n) is 9.33. The van der Waals surface area contributed by atoms with Gasteiger partial charge in [-0.25, -0.2) is 0 Å². The number of carboxylic acid groups (broad SMARTS) is 1. The van der Waals surface area contributed by atoms with Crippen LogP contribution >= 0.6 is 0 Å². The fourth-order valence-electron chi connectivity index (χ4n) is 6.16. The molecule has 0 radical (unpaired) electrons. The minimum atomic E-state index is -1.40. The van der Waals surface area contributed by atoms with Gasteiger partial charge in [-0.05, 0) is 68.0 Å². The lowest BCUT2D eigenvalue weighted by Crippen LogP contribution is -2.60. The van der Waals surface area contributed by atoms with E-state index in [1.807, 2.05) is 74.5 Å². The van der Waals surface area contributed by atoms with Gasteiger partial charge in [0, 0.05) is 26.1 Å². The molecule has 0 spiro atoms. The number of benzene rings is 2. The zero-order valence-electron chi connectivity index (χ0n) is 30.2. The molecule has 1 unspecified atom stereocenters. The second kappa shape index (κ2) is 20.5. The maximum absolute atomic E-state index is 13.9. The maximum atomic E-state index is 13.9. The number of likely N-dealkylation sites (tertiary alicyclic amines) is 1. The zero-order valence-corrected chi connectivity index (χ0v) is 30.2. The van der Waals surface area contributed by atoms with E-state index >= 15 is 0 Å². The third-order valence-corrected chi connectivity index (χ3v) is 9.33. The van der Waals surface area contributed by atoms with Crippen LogP contribution < -0.4 is 32.7 Å². The van der Waals surface area contributed by atoms with Crippen molar-refractivity contribution in [1.82, 2.24) is 26.2 Å². The topological polar surface area (TPSA) is 209 Å². The molecule has 3 rings (SSSR count). The molecule has 2 aromatic rings. The van der Waals surface area contributed by atoms with Gasteiger partial charge >= 0.3 is 5.97 Å². The standard InChI is InChI=1S/C38H57N7O6/c1-26(2)22-31(34(47)43-30(16-10-11-19-39)36(49)45-20-17-38(40,18-21-45)37(50)51)44-35(48)32(23-28-12-6-4-7-13-28)42-33(46)25-41-24-27(3)29-14-8-5-9-15-29/h4-9,12-15,26-27,30-32,41H,10-11,16-25,39-40H2,1-3H3,(H,42,46)(H,43,47)(H,44,48)(H,50,51)/t27?,30-,31-,32-/m1/s1. The number of nitrogens with one attached hydrogen (secondary N) is 4. The highest BCUT2D eigenvalue weighted by molar-refractivity contribution is 5.94. The quantitative estimate of drug-likeness (QED) is 0.0997. The Balaban J connectivity index is 1.71. The number of nitrogens with two attached hydrogens (primary N) is 2. The van der Waals surface area contributed by atoms with E-state index < -0.39 is 41.4 Å². The Morgan fingerprint density at radius 1 is 0.824 bits per heavy atom. The molecule has 9 N–H and O–H groups in total. The summed E-state index contributed by atoms with van der Waals surface area (Å²) in [6.07, 6.45) is 2.27. The van der Waals surface area contributed by atoms with E-state index in [-0.39, 0.29) is 62.5 Å². The van der Waals surface area contributed by atoms with Crippen LogP contribution in [0.25, 0.3) is 0 Å². The molecule has 13 nitrogen and oxygen atoms in total. The summed E-state index contributed by atoms with van der Waals surface area (Å²) in [6, 6.07) is 16.5. The largest absolute Gasteiger partial charge is 0.480 e. The predicted octanol–water partition coefficient (Wildman–Crippen LogP) is 1.66. The lowest BCUT2D eigenvalue weighted by molar-refractivity contribution is -0.148. The van der Waals surface area contributed by atoms with E-state index in [0.29, 0.717) is 38.8 Å². The summed E-state index contributed by atoms with van der Waals surface area (Å²) >= 11 is 0. The van der Waals surface area contributed by atoms with Crippen molar-refractivity contribution in [1.29, 1.82) is 0 Å². The van der Waals surface area contributed by atoms with Crippen molar-refractivity contribution >= 4 is 29.6 Å². The van der Waals surface area contributed by atoms with Crippen molar-refractivity contribution in [3.05, 3.63) is 71.8 Å².